The molecule has 4 aromatic rings. The smallest absolute Gasteiger partial charge is 0.298 e. The summed E-state index contributed by atoms with van der Waals surface area (Å²) < 4.78 is 21.2. The second kappa shape index (κ2) is 10.4. The Hall–Kier alpha value is -4.73. The molecule has 1 saturated heterocycles. The van der Waals surface area contributed by atoms with Crippen LogP contribution in [0.4, 0.5) is 21.7 Å². The van der Waals surface area contributed by atoms with E-state index in [1.54, 1.807) is 12.1 Å². The summed E-state index contributed by atoms with van der Waals surface area (Å²) in [5.41, 5.74) is 4.33. The first-order chi connectivity index (χ1) is 19.4. The Bertz CT molecular complexity index is 1570. The fraction of sp³-hybridized carbons (Fsp3) is 0.267. The van der Waals surface area contributed by atoms with Gasteiger partial charge >= 0.3 is 0 Å². The van der Waals surface area contributed by atoms with Gasteiger partial charge < -0.3 is 24.4 Å². The first-order valence-electron chi connectivity index (χ1n) is 13.3. The monoisotopic (exact) mass is 540 g/mol. The van der Waals surface area contributed by atoms with Crippen molar-refractivity contribution in [1.29, 1.82) is 0 Å². The van der Waals surface area contributed by atoms with Crippen LogP contribution in [0.5, 0.6) is 5.75 Å². The number of aromatic nitrogens is 3. The van der Waals surface area contributed by atoms with Crippen molar-refractivity contribution in [2.75, 3.05) is 41.4 Å². The number of benzene rings is 2. The van der Waals surface area contributed by atoms with Crippen LogP contribution in [-0.4, -0.2) is 58.5 Å². The van der Waals surface area contributed by atoms with Gasteiger partial charge in [-0.15, -0.1) is 0 Å². The Morgan fingerprint density at radius 2 is 1.85 bits per heavy atom. The summed E-state index contributed by atoms with van der Waals surface area (Å²) >= 11 is 0. The minimum atomic E-state index is -0.702. The predicted octanol–water partition coefficient (Wildman–Crippen LogP) is 4.32. The molecule has 1 atom stereocenters. The molecule has 1 unspecified atom stereocenters. The molecule has 2 aliphatic heterocycles. The molecule has 0 spiro atoms. The molecule has 1 amide bonds. The van der Waals surface area contributed by atoms with Gasteiger partial charge in [0.15, 0.2) is 5.82 Å². The van der Waals surface area contributed by atoms with Crippen LogP contribution >= 0.6 is 0 Å². The number of nitrogens with zero attached hydrogens (tertiary/aromatic N) is 5. The largest absolute Gasteiger partial charge is 0.489 e. The highest BCUT2D eigenvalue weighted by molar-refractivity contribution is 6.47. The number of anilines is 3. The van der Waals surface area contributed by atoms with Crippen molar-refractivity contribution in [3.8, 4) is 16.9 Å². The van der Waals surface area contributed by atoms with Crippen molar-refractivity contribution in [2.24, 2.45) is 0 Å². The molecule has 0 radical (unpaired) electrons. The minimum Gasteiger partial charge on any atom is -0.489 e. The fourth-order valence-electron chi connectivity index (χ4n) is 5.56. The highest BCUT2D eigenvalue weighted by Gasteiger charge is 2.34. The lowest BCUT2D eigenvalue weighted by Gasteiger charge is -2.45. The summed E-state index contributed by atoms with van der Waals surface area (Å²) in [6.45, 7) is 6.92. The Morgan fingerprint density at radius 3 is 2.60 bits per heavy atom. The number of ether oxygens (including phenoxy) is 1. The van der Waals surface area contributed by atoms with Crippen LogP contribution in [0.2, 0.25) is 0 Å². The van der Waals surface area contributed by atoms with E-state index in [1.165, 1.54) is 12.4 Å². The molecular formula is C30H29FN6O3. The first-order valence-corrected chi connectivity index (χ1v) is 13.3. The number of ketones is 1. The summed E-state index contributed by atoms with van der Waals surface area (Å²) in [6, 6.07) is 17.1. The molecule has 0 aliphatic carbocycles. The van der Waals surface area contributed by atoms with Crippen LogP contribution in [0.25, 0.3) is 11.1 Å². The number of carbonyl (C=O) groups is 2. The van der Waals surface area contributed by atoms with Gasteiger partial charge in [-0.05, 0) is 37.6 Å². The minimum absolute atomic E-state index is 0.0680. The number of amides is 1. The van der Waals surface area contributed by atoms with E-state index >= 15 is 0 Å². The number of fused-ring (bicyclic) bond motifs is 3. The van der Waals surface area contributed by atoms with Gasteiger partial charge in [-0.1, -0.05) is 30.3 Å². The van der Waals surface area contributed by atoms with E-state index in [1.807, 2.05) is 65.8 Å². The van der Waals surface area contributed by atoms with Gasteiger partial charge in [-0.3, -0.25) is 9.59 Å². The molecule has 2 aliphatic rings. The van der Waals surface area contributed by atoms with Gasteiger partial charge in [0.05, 0.1) is 24.1 Å². The molecule has 204 valence electrons. The van der Waals surface area contributed by atoms with E-state index in [9.17, 15) is 14.0 Å². The first kappa shape index (κ1) is 25.5. The van der Waals surface area contributed by atoms with Gasteiger partial charge in [-0.25, -0.2) is 14.4 Å². The standard InChI is InChI=1S/C30H29FN6O3/c1-3-36-19(2)13-24(20-7-5-4-6-8-20)27(36)28(38)29(39)34-22-9-10-25-26(14-22)40-18-23-17-35(11-12-37(23)25)30-32-15-21(31)16-33-30/h4-10,13-16,23H,3,11-12,17-18H2,1-2H3,(H,34,39). The normalized spacial score (nSPS) is 16.1. The number of rotatable bonds is 6. The summed E-state index contributed by atoms with van der Waals surface area (Å²) in [4.78, 5) is 39.2. The summed E-state index contributed by atoms with van der Waals surface area (Å²) in [5, 5.41) is 2.78. The second-order valence-electron chi connectivity index (χ2n) is 9.93. The average Bonchev–Trinajstić information content (AvgIpc) is 3.33. The molecular weight excluding hydrogens is 511 g/mol. The van der Waals surface area contributed by atoms with Crippen molar-refractivity contribution in [1.82, 2.24) is 14.5 Å². The molecule has 1 N–H and O–H groups in total. The van der Waals surface area contributed by atoms with Crippen LogP contribution in [0.3, 0.4) is 0 Å². The fourth-order valence-corrected chi connectivity index (χ4v) is 5.56. The lowest BCUT2D eigenvalue weighted by molar-refractivity contribution is -0.112. The number of hydrogen-bond acceptors (Lipinski definition) is 7. The number of halogens is 1. The van der Waals surface area contributed by atoms with Crippen molar-refractivity contribution < 1.29 is 18.7 Å². The van der Waals surface area contributed by atoms with Crippen LogP contribution in [0.15, 0.2) is 67.0 Å². The zero-order chi connectivity index (χ0) is 27.8. The Labute approximate surface area is 231 Å². The third-order valence-corrected chi connectivity index (χ3v) is 7.46. The topological polar surface area (TPSA) is 92.6 Å². The van der Waals surface area contributed by atoms with Gasteiger partial charge in [0.1, 0.15) is 18.1 Å². The summed E-state index contributed by atoms with van der Waals surface area (Å²) in [7, 11) is 0. The number of carbonyl (C=O) groups excluding carboxylic acids is 2. The molecule has 10 heteroatoms. The Balaban J connectivity index is 1.19. The maximum atomic E-state index is 13.5. The highest BCUT2D eigenvalue weighted by Crippen LogP contribution is 2.38. The molecule has 0 saturated carbocycles. The molecule has 1 fully saturated rings. The van der Waals surface area contributed by atoms with Gasteiger partial charge in [-0.2, -0.15) is 0 Å². The molecule has 0 bridgehead atoms. The van der Waals surface area contributed by atoms with Crippen LogP contribution < -0.4 is 19.9 Å². The highest BCUT2D eigenvalue weighted by atomic mass is 19.1. The summed E-state index contributed by atoms with van der Waals surface area (Å²) in [6.07, 6.45) is 2.34. The molecule has 6 rings (SSSR count). The van der Waals surface area contributed by atoms with Gasteiger partial charge in [0, 0.05) is 49.2 Å². The second-order valence-corrected chi connectivity index (χ2v) is 9.93. The number of aryl methyl sites for hydroxylation is 1. The SMILES string of the molecule is CCn1c(C)cc(-c2ccccc2)c1C(=O)C(=O)Nc1ccc2c(c1)OCC1CN(c3ncc(F)cn3)CCN21. The van der Waals surface area contributed by atoms with E-state index in [2.05, 4.69) is 20.2 Å². The number of hydrogen-bond donors (Lipinski definition) is 1. The van der Waals surface area contributed by atoms with Gasteiger partial charge in [0.2, 0.25) is 5.95 Å². The summed E-state index contributed by atoms with van der Waals surface area (Å²) in [5.74, 6) is -0.619. The third kappa shape index (κ3) is 4.66. The van der Waals surface area contributed by atoms with Crippen molar-refractivity contribution in [2.45, 2.75) is 26.4 Å². The quantitative estimate of drug-likeness (QED) is 0.288. The lowest BCUT2D eigenvalue weighted by atomic mass is 10.0. The van der Waals surface area contributed by atoms with Crippen molar-refractivity contribution in [3.05, 3.63) is 84.2 Å². The zero-order valence-electron chi connectivity index (χ0n) is 22.3. The van der Waals surface area contributed by atoms with Crippen LogP contribution in [-0.2, 0) is 11.3 Å². The maximum Gasteiger partial charge on any atom is 0.298 e. The predicted molar refractivity (Wildman–Crippen MR) is 151 cm³/mol. The Kier molecular flexibility index (Phi) is 6.67. The maximum absolute atomic E-state index is 13.5. The lowest BCUT2D eigenvalue weighted by Crippen LogP contribution is -2.57. The van der Waals surface area contributed by atoms with E-state index in [4.69, 9.17) is 4.74 Å². The number of Topliss-reactive ketones (excluding diaryl/α,β-unsaturated/α-hetero) is 1. The van der Waals surface area contributed by atoms with E-state index in [0.717, 1.165) is 22.5 Å². The van der Waals surface area contributed by atoms with Gasteiger partial charge in [0.25, 0.3) is 11.7 Å². The molecule has 40 heavy (non-hydrogen) atoms. The number of piperazine rings is 1. The molecule has 9 nitrogen and oxygen atoms in total. The average molecular weight is 541 g/mol. The third-order valence-electron chi connectivity index (χ3n) is 7.46. The van der Waals surface area contributed by atoms with E-state index < -0.39 is 17.5 Å². The molecule has 2 aromatic heterocycles. The molecule has 4 heterocycles. The van der Waals surface area contributed by atoms with Crippen LogP contribution in [0.1, 0.15) is 23.1 Å². The van der Waals surface area contributed by atoms with E-state index in [-0.39, 0.29) is 6.04 Å². The van der Waals surface area contributed by atoms with Crippen molar-refractivity contribution >= 4 is 29.0 Å². The number of nitrogens with one attached hydrogen (secondary N) is 1. The molecule has 2 aromatic carbocycles. The Morgan fingerprint density at radius 1 is 1.07 bits per heavy atom. The zero-order valence-corrected chi connectivity index (χ0v) is 22.3. The van der Waals surface area contributed by atoms with Crippen molar-refractivity contribution in [3.63, 3.8) is 0 Å². The van der Waals surface area contributed by atoms with Crippen LogP contribution in [0, 0.1) is 12.7 Å². The van der Waals surface area contributed by atoms with E-state index in [0.29, 0.717) is 55.9 Å².